The zero-order valence-electron chi connectivity index (χ0n) is 16.2. The lowest BCUT2D eigenvalue weighted by Gasteiger charge is -2.21. The minimum absolute atomic E-state index is 0.0327. The molecule has 0 atom stereocenters. The van der Waals surface area contributed by atoms with Gasteiger partial charge in [0, 0.05) is 24.5 Å². The Morgan fingerprint density at radius 3 is 2.55 bits per heavy atom. The molecule has 31 heavy (non-hydrogen) atoms. The molecule has 0 fully saturated rings. The van der Waals surface area contributed by atoms with Gasteiger partial charge in [0.15, 0.2) is 5.82 Å². The number of halogens is 5. The summed E-state index contributed by atoms with van der Waals surface area (Å²) in [6.07, 6.45) is -2.50. The van der Waals surface area contributed by atoms with Gasteiger partial charge in [0.05, 0.1) is 10.6 Å². The zero-order valence-corrected chi connectivity index (χ0v) is 17.7. The molecule has 0 radical (unpaired) electrons. The van der Waals surface area contributed by atoms with Crippen LogP contribution in [0.1, 0.15) is 21.5 Å². The fraction of sp³-hybridized carbons (Fsp3) is 0.150. The molecule has 0 aliphatic carbocycles. The van der Waals surface area contributed by atoms with Crippen molar-refractivity contribution < 1.29 is 22.7 Å². The Bertz CT molecular complexity index is 1130. The first-order valence-corrected chi connectivity index (χ1v) is 9.48. The number of hydrazine groups is 1. The van der Waals surface area contributed by atoms with Crippen molar-refractivity contribution in [3.05, 3.63) is 75.5 Å². The normalized spacial score (nSPS) is 11.2. The number of hydrogen-bond donors (Lipinski definition) is 1. The second-order valence-corrected chi connectivity index (χ2v) is 7.24. The van der Waals surface area contributed by atoms with Crippen LogP contribution in [0.5, 0.6) is 11.6 Å². The predicted octanol–water partition coefficient (Wildman–Crippen LogP) is 5.68. The van der Waals surface area contributed by atoms with E-state index >= 15 is 0 Å². The van der Waals surface area contributed by atoms with Gasteiger partial charge in [0.2, 0.25) is 5.88 Å². The first kappa shape index (κ1) is 22.6. The molecular formula is C20H15Cl2F3N4O2. The standard InChI is InChI=1S/C20H15Cl2F3N4O2/c1-11-8-13(21)5-6-16(11)31-19-14(4-3-7-26-19)18(30)28-29(2)17-15(22)9-12(10-27-17)20(23,24)25/h3-10H,1-2H3,(H,28,30). The lowest BCUT2D eigenvalue weighted by molar-refractivity contribution is -0.137. The van der Waals surface area contributed by atoms with Crippen molar-refractivity contribution in [2.75, 3.05) is 12.1 Å². The van der Waals surface area contributed by atoms with Crippen molar-refractivity contribution in [2.24, 2.45) is 0 Å². The van der Waals surface area contributed by atoms with Crippen LogP contribution in [0.2, 0.25) is 10.0 Å². The van der Waals surface area contributed by atoms with Crippen LogP contribution in [0.15, 0.2) is 48.8 Å². The van der Waals surface area contributed by atoms with Gasteiger partial charge in [0.1, 0.15) is 11.3 Å². The molecule has 1 amide bonds. The topological polar surface area (TPSA) is 67.3 Å². The third-order valence-electron chi connectivity index (χ3n) is 4.10. The summed E-state index contributed by atoms with van der Waals surface area (Å²) >= 11 is 11.9. The number of alkyl halides is 3. The summed E-state index contributed by atoms with van der Waals surface area (Å²) in [7, 11) is 1.39. The monoisotopic (exact) mass is 470 g/mol. The van der Waals surface area contributed by atoms with Crippen LogP contribution in [-0.2, 0) is 6.18 Å². The molecule has 0 unspecified atom stereocenters. The molecule has 3 aromatic rings. The summed E-state index contributed by atoms with van der Waals surface area (Å²) < 4.78 is 44.2. The Labute approximate surface area is 185 Å². The third-order valence-corrected chi connectivity index (χ3v) is 4.61. The Morgan fingerprint density at radius 1 is 1.16 bits per heavy atom. The van der Waals surface area contributed by atoms with E-state index in [-0.39, 0.29) is 22.3 Å². The average molecular weight is 471 g/mol. The largest absolute Gasteiger partial charge is 0.438 e. The van der Waals surface area contributed by atoms with Gasteiger partial charge in [-0.25, -0.2) is 9.97 Å². The van der Waals surface area contributed by atoms with Crippen molar-refractivity contribution >= 4 is 34.9 Å². The van der Waals surface area contributed by atoms with Crippen molar-refractivity contribution in [2.45, 2.75) is 13.1 Å². The molecule has 2 aromatic heterocycles. The molecule has 0 aliphatic heterocycles. The zero-order chi connectivity index (χ0) is 22.8. The second-order valence-electron chi connectivity index (χ2n) is 6.40. The Hall–Kier alpha value is -3.04. The van der Waals surface area contributed by atoms with Crippen molar-refractivity contribution in [1.29, 1.82) is 0 Å². The van der Waals surface area contributed by atoms with E-state index in [0.717, 1.165) is 16.6 Å². The van der Waals surface area contributed by atoms with Gasteiger partial charge in [-0.3, -0.25) is 15.2 Å². The lowest BCUT2D eigenvalue weighted by Crippen LogP contribution is -2.40. The predicted molar refractivity (Wildman–Crippen MR) is 111 cm³/mol. The Balaban J connectivity index is 1.81. The fourth-order valence-corrected chi connectivity index (χ4v) is 3.09. The van der Waals surface area contributed by atoms with Gasteiger partial charge < -0.3 is 4.74 Å². The van der Waals surface area contributed by atoms with Crippen LogP contribution in [0.4, 0.5) is 19.0 Å². The smallest absolute Gasteiger partial charge is 0.417 e. The van der Waals surface area contributed by atoms with E-state index in [2.05, 4.69) is 15.4 Å². The number of pyridine rings is 2. The first-order valence-electron chi connectivity index (χ1n) is 8.72. The summed E-state index contributed by atoms with van der Waals surface area (Å²) in [5.41, 5.74) is 2.32. The molecular weight excluding hydrogens is 456 g/mol. The summed E-state index contributed by atoms with van der Waals surface area (Å²) in [5.74, 6) is -0.207. The number of aryl methyl sites for hydroxylation is 1. The highest BCUT2D eigenvalue weighted by Gasteiger charge is 2.32. The van der Waals surface area contributed by atoms with Crippen molar-refractivity contribution in [1.82, 2.24) is 15.4 Å². The summed E-state index contributed by atoms with van der Waals surface area (Å²) in [6.45, 7) is 1.79. The van der Waals surface area contributed by atoms with Gasteiger partial charge in [-0.05, 0) is 48.9 Å². The highest BCUT2D eigenvalue weighted by molar-refractivity contribution is 6.33. The molecule has 0 bridgehead atoms. The Morgan fingerprint density at radius 2 is 1.90 bits per heavy atom. The highest BCUT2D eigenvalue weighted by Crippen LogP contribution is 2.33. The maximum absolute atomic E-state index is 12.8. The van der Waals surface area contributed by atoms with E-state index in [1.807, 2.05) is 0 Å². The van der Waals surface area contributed by atoms with Crippen molar-refractivity contribution in [3.8, 4) is 11.6 Å². The van der Waals surface area contributed by atoms with Crippen LogP contribution < -0.4 is 15.2 Å². The van der Waals surface area contributed by atoms with Gasteiger partial charge >= 0.3 is 6.18 Å². The quantitative estimate of drug-likeness (QED) is 0.485. The number of ether oxygens (including phenoxy) is 1. The van der Waals surface area contributed by atoms with Crippen LogP contribution >= 0.6 is 23.2 Å². The maximum atomic E-state index is 12.8. The molecule has 162 valence electrons. The van der Waals surface area contributed by atoms with E-state index in [1.54, 1.807) is 31.2 Å². The first-order chi connectivity index (χ1) is 14.6. The molecule has 0 spiro atoms. The molecule has 1 N–H and O–H groups in total. The minimum atomic E-state index is -4.58. The second kappa shape index (κ2) is 8.99. The van der Waals surface area contributed by atoms with E-state index < -0.39 is 17.6 Å². The van der Waals surface area contributed by atoms with E-state index in [4.69, 9.17) is 27.9 Å². The number of nitrogens with one attached hydrogen (secondary N) is 1. The number of anilines is 1. The SMILES string of the molecule is Cc1cc(Cl)ccc1Oc1ncccc1C(=O)NN(C)c1ncc(C(F)(F)F)cc1Cl. The lowest BCUT2D eigenvalue weighted by atomic mass is 10.2. The Kier molecular flexibility index (Phi) is 6.56. The van der Waals surface area contributed by atoms with Crippen LogP contribution in [0, 0.1) is 6.92 Å². The number of amides is 1. The molecule has 0 aliphatic rings. The highest BCUT2D eigenvalue weighted by atomic mass is 35.5. The fourth-order valence-electron chi connectivity index (χ4n) is 2.57. The van der Waals surface area contributed by atoms with E-state index in [1.165, 1.54) is 19.3 Å². The number of carbonyl (C=O) groups excluding carboxylic acids is 1. The number of aromatic nitrogens is 2. The maximum Gasteiger partial charge on any atom is 0.417 e. The molecule has 0 saturated heterocycles. The molecule has 11 heteroatoms. The third kappa shape index (κ3) is 5.36. The molecule has 0 saturated carbocycles. The van der Waals surface area contributed by atoms with Crippen molar-refractivity contribution in [3.63, 3.8) is 0 Å². The van der Waals surface area contributed by atoms with Gasteiger partial charge in [-0.1, -0.05) is 23.2 Å². The van der Waals surface area contributed by atoms with Gasteiger partial charge in [-0.2, -0.15) is 13.2 Å². The summed E-state index contributed by atoms with van der Waals surface area (Å²) in [6, 6.07) is 8.74. The number of nitrogens with zero attached hydrogens (tertiary/aromatic N) is 3. The van der Waals surface area contributed by atoms with Crippen LogP contribution in [-0.4, -0.2) is 22.9 Å². The van der Waals surface area contributed by atoms with Crippen LogP contribution in [0.3, 0.4) is 0 Å². The number of benzene rings is 1. The van der Waals surface area contributed by atoms with Gasteiger partial charge in [-0.15, -0.1) is 0 Å². The molecule has 6 nitrogen and oxygen atoms in total. The minimum Gasteiger partial charge on any atom is -0.438 e. The summed E-state index contributed by atoms with van der Waals surface area (Å²) in [5, 5.41) is 1.36. The van der Waals surface area contributed by atoms with E-state index in [9.17, 15) is 18.0 Å². The average Bonchev–Trinajstić information content (AvgIpc) is 2.69. The molecule has 3 rings (SSSR count). The van der Waals surface area contributed by atoms with Crippen LogP contribution in [0.25, 0.3) is 0 Å². The number of rotatable bonds is 5. The van der Waals surface area contributed by atoms with Gasteiger partial charge in [0.25, 0.3) is 5.91 Å². The number of hydrogen-bond acceptors (Lipinski definition) is 5. The van der Waals surface area contributed by atoms with E-state index in [0.29, 0.717) is 17.0 Å². The number of carbonyl (C=O) groups is 1. The molecule has 2 heterocycles. The molecule has 1 aromatic carbocycles. The summed E-state index contributed by atoms with van der Waals surface area (Å²) in [4.78, 5) is 20.6.